The van der Waals surface area contributed by atoms with Gasteiger partial charge < -0.3 is 14.6 Å². The molecule has 0 spiro atoms. The van der Waals surface area contributed by atoms with Gasteiger partial charge in [-0.1, -0.05) is 18.2 Å². The standard InChI is InChI=1S/C15H16FNO3/c1-19-6-7-20-14-5-3-2-4-13(14)15(18)11-8-12(16)10-17-9-11/h2-5,8-10,15,18H,6-7H2,1H3. The van der Waals surface area contributed by atoms with E-state index in [4.69, 9.17) is 9.47 Å². The van der Waals surface area contributed by atoms with Crippen LogP contribution in [0.15, 0.2) is 42.7 Å². The number of benzene rings is 1. The van der Waals surface area contributed by atoms with Crippen molar-refractivity contribution in [3.63, 3.8) is 0 Å². The summed E-state index contributed by atoms with van der Waals surface area (Å²) in [6.45, 7) is 0.827. The largest absolute Gasteiger partial charge is 0.491 e. The summed E-state index contributed by atoms with van der Waals surface area (Å²) in [6, 6.07) is 8.33. The Labute approximate surface area is 116 Å². The van der Waals surface area contributed by atoms with Crippen LogP contribution in [0.25, 0.3) is 0 Å². The highest BCUT2D eigenvalue weighted by Crippen LogP contribution is 2.29. The number of aliphatic hydroxyl groups is 1. The lowest BCUT2D eigenvalue weighted by Gasteiger charge is -2.16. The summed E-state index contributed by atoms with van der Waals surface area (Å²) in [6.07, 6.45) is 1.54. The van der Waals surface area contributed by atoms with E-state index in [9.17, 15) is 9.50 Å². The van der Waals surface area contributed by atoms with Gasteiger partial charge in [0.2, 0.25) is 0 Å². The van der Waals surface area contributed by atoms with E-state index in [-0.39, 0.29) is 0 Å². The van der Waals surface area contributed by atoms with Gasteiger partial charge in [0, 0.05) is 24.4 Å². The number of aliphatic hydroxyl groups excluding tert-OH is 1. The van der Waals surface area contributed by atoms with Crippen LogP contribution >= 0.6 is 0 Å². The van der Waals surface area contributed by atoms with Crippen LogP contribution < -0.4 is 4.74 Å². The minimum atomic E-state index is -0.989. The Balaban J connectivity index is 2.23. The molecule has 20 heavy (non-hydrogen) atoms. The number of para-hydroxylation sites is 1. The van der Waals surface area contributed by atoms with E-state index in [0.717, 1.165) is 6.20 Å². The zero-order valence-electron chi connectivity index (χ0n) is 11.1. The third-order valence-electron chi connectivity index (χ3n) is 2.80. The lowest BCUT2D eigenvalue weighted by molar-refractivity contribution is 0.142. The summed E-state index contributed by atoms with van der Waals surface area (Å²) in [5.74, 6) is 0.0562. The highest BCUT2D eigenvalue weighted by atomic mass is 19.1. The molecule has 1 heterocycles. The summed E-state index contributed by atoms with van der Waals surface area (Å²) >= 11 is 0. The fraction of sp³-hybridized carbons (Fsp3) is 0.267. The average molecular weight is 277 g/mol. The summed E-state index contributed by atoms with van der Waals surface area (Å²) in [5.41, 5.74) is 0.948. The van der Waals surface area contributed by atoms with Crippen molar-refractivity contribution in [2.24, 2.45) is 0 Å². The molecule has 0 saturated heterocycles. The van der Waals surface area contributed by atoms with Crippen LogP contribution in [0.2, 0.25) is 0 Å². The third-order valence-corrected chi connectivity index (χ3v) is 2.80. The van der Waals surface area contributed by atoms with Crippen LogP contribution in [0.3, 0.4) is 0 Å². The fourth-order valence-corrected chi connectivity index (χ4v) is 1.83. The van der Waals surface area contributed by atoms with Crippen molar-refractivity contribution >= 4 is 0 Å². The minimum absolute atomic E-state index is 0.377. The van der Waals surface area contributed by atoms with Gasteiger partial charge >= 0.3 is 0 Å². The topological polar surface area (TPSA) is 51.6 Å². The first-order chi connectivity index (χ1) is 9.72. The number of hydrogen-bond donors (Lipinski definition) is 1. The van der Waals surface area contributed by atoms with E-state index in [1.54, 1.807) is 25.3 Å². The Bertz CT molecular complexity index is 562. The number of rotatable bonds is 6. The van der Waals surface area contributed by atoms with Gasteiger partial charge in [-0.3, -0.25) is 4.98 Å². The molecule has 1 atom stereocenters. The first kappa shape index (κ1) is 14.4. The molecule has 0 aliphatic heterocycles. The second kappa shape index (κ2) is 6.98. The molecular weight excluding hydrogens is 261 g/mol. The third kappa shape index (κ3) is 3.53. The molecule has 1 aromatic carbocycles. The molecule has 2 rings (SSSR count). The van der Waals surface area contributed by atoms with Crippen LogP contribution in [0.1, 0.15) is 17.2 Å². The van der Waals surface area contributed by atoms with Crippen molar-refractivity contribution in [2.45, 2.75) is 6.10 Å². The second-order valence-electron chi connectivity index (χ2n) is 4.22. The van der Waals surface area contributed by atoms with Crippen molar-refractivity contribution in [3.05, 3.63) is 59.7 Å². The van der Waals surface area contributed by atoms with Crippen molar-refractivity contribution in [1.29, 1.82) is 0 Å². The molecule has 2 aromatic rings. The molecule has 0 bridgehead atoms. The molecular formula is C15H16FNO3. The van der Waals surface area contributed by atoms with Gasteiger partial charge in [-0.05, 0) is 12.1 Å². The highest BCUT2D eigenvalue weighted by Gasteiger charge is 2.16. The number of halogens is 1. The lowest BCUT2D eigenvalue weighted by atomic mass is 10.0. The second-order valence-corrected chi connectivity index (χ2v) is 4.22. The van der Waals surface area contributed by atoms with Crippen molar-refractivity contribution in [1.82, 2.24) is 4.98 Å². The molecule has 0 fully saturated rings. The van der Waals surface area contributed by atoms with Crippen LogP contribution in [0.4, 0.5) is 4.39 Å². The van der Waals surface area contributed by atoms with E-state index in [2.05, 4.69) is 4.98 Å². The molecule has 0 radical (unpaired) electrons. The molecule has 0 aliphatic rings. The summed E-state index contributed by atoms with van der Waals surface area (Å²) < 4.78 is 23.6. The van der Waals surface area contributed by atoms with Crippen molar-refractivity contribution in [3.8, 4) is 5.75 Å². The molecule has 1 unspecified atom stereocenters. The van der Waals surface area contributed by atoms with Gasteiger partial charge in [0.05, 0.1) is 12.8 Å². The molecule has 1 N–H and O–H groups in total. The molecule has 4 nitrogen and oxygen atoms in total. The predicted octanol–water partition coefficient (Wildman–Crippen LogP) is 2.33. The molecule has 5 heteroatoms. The highest BCUT2D eigenvalue weighted by molar-refractivity contribution is 5.39. The van der Waals surface area contributed by atoms with E-state index >= 15 is 0 Å². The van der Waals surface area contributed by atoms with Gasteiger partial charge in [0.15, 0.2) is 0 Å². The van der Waals surface area contributed by atoms with Gasteiger partial charge in [-0.2, -0.15) is 0 Å². The zero-order chi connectivity index (χ0) is 14.4. The van der Waals surface area contributed by atoms with E-state index in [0.29, 0.717) is 30.1 Å². The maximum absolute atomic E-state index is 13.2. The quantitative estimate of drug-likeness (QED) is 0.823. The lowest BCUT2D eigenvalue weighted by Crippen LogP contribution is -2.08. The Morgan fingerprint density at radius 2 is 2.05 bits per heavy atom. The molecule has 0 amide bonds. The van der Waals surface area contributed by atoms with Crippen molar-refractivity contribution < 1.29 is 19.0 Å². The molecule has 0 aliphatic carbocycles. The molecule has 1 aromatic heterocycles. The minimum Gasteiger partial charge on any atom is -0.491 e. The molecule has 0 saturated carbocycles. The SMILES string of the molecule is COCCOc1ccccc1C(O)c1cncc(F)c1. The predicted molar refractivity (Wildman–Crippen MR) is 72.1 cm³/mol. The van der Waals surface area contributed by atoms with Gasteiger partial charge in [-0.25, -0.2) is 4.39 Å². The van der Waals surface area contributed by atoms with Crippen LogP contribution in [-0.4, -0.2) is 30.4 Å². The Kier molecular flexibility index (Phi) is 5.03. The summed E-state index contributed by atoms with van der Waals surface area (Å²) in [4.78, 5) is 3.74. The van der Waals surface area contributed by atoms with Crippen molar-refractivity contribution in [2.75, 3.05) is 20.3 Å². The Hall–Kier alpha value is -1.98. The van der Waals surface area contributed by atoms with Gasteiger partial charge in [0.25, 0.3) is 0 Å². The number of ether oxygens (including phenoxy) is 2. The normalized spacial score (nSPS) is 12.2. The summed E-state index contributed by atoms with van der Waals surface area (Å²) in [7, 11) is 1.59. The fourth-order valence-electron chi connectivity index (χ4n) is 1.83. The van der Waals surface area contributed by atoms with Gasteiger partial charge in [-0.15, -0.1) is 0 Å². The summed E-state index contributed by atoms with van der Waals surface area (Å²) in [5, 5.41) is 10.3. The van der Waals surface area contributed by atoms with E-state index < -0.39 is 11.9 Å². The Morgan fingerprint density at radius 3 is 2.80 bits per heavy atom. The van der Waals surface area contributed by atoms with E-state index in [1.165, 1.54) is 12.3 Å². The first-order valence-electron chi connectivity index (χ1n) is 6.21. The maximum atomic E-state index is 13.2. The van der Waals surface area contributed by atoms with Crippen LogP contribution in [0, 0.1) is 5.82 Å². The smallest absolute Gasteiger partial charge is 0.141 e. The first-order valence-corrected chi connectivity index (χ1v) is 6.21. The van der Waals surface area contributed by atoms with Crippen LogP contribution in [0.5, 0.6) is 5.75 Å². The van der Waals surface area contributed by atoms with Crippen LogP contribution in [-0.2, 0) is 4.74 Å². The number of nitrogens with zero attached hydrogens (tertiary/aromatic N) is 1. The average Bonchev–Trinajstić information content (AvgIpc) is 2.47. The number of pyridine rings is 1. The Morgan fingerprint density at radius 1 is 1.25 bits per heavy atom. The number of methoxy groups -OCH3 is 1. The number of aromatic nitrogens is 1. The number of hydrogen-bond acceptors (Lipinski definition) is 4. The van der Waals surface area contributed by atoms with E-state index in [1.807, 2.05) is 6.07 Å². The zero-order valence-corrected chi connectivity index (χ0v) is 11.1. The monoisotopic (exact) mass is 277 g/mol. The maximum Gasteiger partial charge on any atom is 0.141 e. The van der Waals surface area contributed by atoms with Gasteiger partial charge in [0.1, 0.15) is 24.3 Å². The molecule has 106 valence electrons.